The first-order valence-electron chi connectivity index (χ1n) is 6.20. The molecular formula is C14H13FN4. The smallest absolute Gasteiger partial charge is 0.137 e. The lowest BCUT2D eigenvalue weighted by Crippen LogP contribution is -2.14. The molecule has 5 heteroatoms. The van der Waals surface area contributed by atoms with Gasteiger partial charge in [-0.05, 0) is 42.5 Å². The van der Waals surface area contributed by atoms with Crippen molar-refractivity contribution >= 4 is 5.82 Å². The molecule has 1 aromatic heterocycles. The molecular weight excluding hydrogens is 243 g/mol. The van der Waals surface area contributed by atoms with Crippen molar-refractivity contribution in [3.05, 3.63) is 46.4 Å². The van der Waals surface area contributed by atoms with Gasteiger partial charge < -0.3 is 5.73 Å². The molecule has 1 aromatic carbocycles. The summed E-state index contributed by atoms with van der Waals surface area (Å²) in [6, 6.07) is 6.99. The number of aromatic nitrogens is 2. The van der Waals surface area contributed by atoms with E-state index < -0.39 is 0 Å². The summed E-state index contributed by atoms with van der Waals surface area (Å²) in [5, 5.41) is 15.9. The van der Waals surface area contributed by atoms with Gasteiger partial charge in [-0.1, -0.05) is 6.07 Å². The first-order chi connectivity index (χ1) is 9.19. The Bertz CT molecular complexity index is 669. The van der Waals surface area contributed by atoms with E-state index in [0.717, 1.165) is 18.4 Å². The molecule has 3 rings (SSSR count). The van der Waals surface area contributed by atoms with Crippen LogP contribution in [0.2, 0.25) is 0 Å². The maximum atomic E-state index is 13.3. The van der Waals surface area contributed by atoms with Crippen molar-refractivity contribution in [1.29, 1.82) is 5.26 Å². The number of nitrogens with two attached hydrogens (primary N) is 1. The minimum Gasteiger partial charge on any atom is -0.383 e. The molecule has 1 aliphatic carbocycles. The number of fused-ring (bicyclic) bond motifs is 1. The second-order valence-corrected chi connectivity index (χ2v) is 4.86. The number of hydrogen-bond donors (Lipinski definition) is 2. The second kappa shape index (κ2) is 4.39. The molecule has 0 amide bonds. The van der Waals surface area contributed by atoms with Crippen LogP contribution in [-0.4, -0.2) is 10.2 Å². The van der Waals surface area contributed by atoms with Crippen molar-refractivity contribution in [2.45, 2.75) is 25.2 Å². The van der Waals surface area contributed by atoms with Crippen LogP contribution in [0, 0.1) is 17.1 Å². The van der Waals surface area contributed by atoms with Crippen molar-refractivity contribution in [2.75, 3.05) is 5.73 Å². The van der Waals surface area contributed by atoms with Gasteiger partial charge in [0.15, 0.2) is 0 Å². The fourth-order valence-corrected chi connectivity index (χ4v) is 2.74. The van der Waals surface area contributed by atoms with Gasteiger partial charge in [0.2, 0.25) is 0 Å². The van der Waals surface area contributed by atoms with Gasteiger partial charge in [0.05, 0.1) is 5.69 Å². The Morgan fingerprint density at radius 2 is 2.26 bits per heavy atom. The number of hydrogen-bond acceptors (Lipinski definition) is 3. The van der Waals surface area contributed by atoms with E-state index in [2.05, 4.69) is 16.3 Å². The highest BCUT2D eigenvalue weighted by atomic mass is 19.1. The summed E-state index contributed by atoms with van der Waals surface area (Å²) in [4.78, 5) is 0. The normalized spacial score (nSPS) is 17.8. The second-order valence-electron chi connectivity index (χ2n) is 4.86. The quantitative estimate of drug-likeness (QED) is 0.821. The predicted molar refractivity (Wildman–Crippen MR) is 68.9 cm³/mol. The van der Waals surface area contributed by atoms with Crippen LogP contribution in [0.5, 0.6) is 0 Å². The largest absolute Gasteiger partial charge is 0.383 e. The molecule has 1 unspecified atom stereocenters. The zero-order valence-corrected chi connectivity index (χ0v) is 10.3. The zero-order valence-electron chi connectivity index (χ0n) is 10.3. The van der Waals surface area contributed by atoms with Crippen molar-refractivity contribution in [1.82, 2.24) is 10.2 Å². The van der Waals surface area contributed by atoms with E-state index in [-0.39, 0.29) is 11.7 Å². The Kier molecular flexibility index (Phi) is 2.71. The first kappa shape index (κ1) is 11.7. The lowest BCUT2D eigenvalue weighted by atomic mass is 9.81. The molecule has 19 heavy (non-hydrogen) atoms. The topological polar surface area (TPSA) is 78.5 Å². The average Bonchev–Trinajstić information content (AvgIpc) is 2.79. The minimum absolute atomic E-state index is 0.123. The number of aromatic amines is 1. The van der Waals surface area contributed by atoms with Crippen molar-refractivity contribution in [3.8, 4) is 6.07 Å². The highest BCUT2D eigenvalue weighted by Crippen LogP contribution is 2.34. The number of benzene rings is 1. The van der Waals surface area contributed by atoms with E-state index in [9.17, 15) is 4.39 Å². The third-order valence-electron chi connectivity index (χ3n) is 3.72. The Morgan fingerprint density at radius 3 is 3.05 bits per heavy atom. The molecule has 0 saturated carbocycles. The molecule has 1 aliphatic rings. The average molecular weight is 256 g/mol. The van der Waals surface area contributed by atoms with Crippen LogP contribution in [-0.2, 0) is 12.8 Å². The first-order valence-corrected chi connectivity index (χ1v) is 6.20. The van der Waals surface area contributed by atoms with Gasteiger partial charge in [-0.3, -0.25) is 5.10 Å². The van der Waals surface area contributed by atoms with Gasteiger partial charge in [-0.15, -0.1) is 0 Å². The van der Waals surface area contributed by atoms with Gasteiger partial charge in [0, 0.05) is 5.92 Å². The third-order valence-corrected chi connectivity index (χ3v) is 3.72. The Hall–Kier alpha value is -2.35. The van der Waals surface area contributed by atoms with Crippen molar-refractivity contribution in [2.24, 2.45) is 0 Å². The molecule has 3 N–H and O–H groups in total. The fraction of sp³-hybridized carbons (Fsp3) is 0.286. The van der Waals surface area contributed by atoms with Gasteiger partial charge in [-0.25, -0.2) is 4.39 Å². The Labute approximate surface area is 110 Å². The molecule has 1 atom stereocenters. The maximum Gasteiger partial charge on any atom is 0.137 e. The van der Waals surface area contributed by atoms with Crippen LogP contribution in [0.15, 0.2) is 18.2 Å². The van der Waals surface area contributed by atoms with E-state index in [4.69, 9.17) is 11.0 Å². The van der Waals surface area contributed by atoms with Gasteiger partial charge in [0.1, 0.15) is 23.3 Å². The third kappa shape index (κ3) is 1.95. The van der Waals surface area contributed by atoms with Crippen molar-refractivity contribution < 1.29 is 4.39 Å². The highest BCUT2D eigenvalue weighted by Gasteiger charge is 2.25. The number of aryl methyl sites for hydroxylation is 1. The lowest BCUT2D eigenvalue weighted by molar-refractivity contribution is 0.559. The SMILES string of the molecule is N#Cc1c(C2CCc3ccc(F)cc3C2)n[nH]c1N. The van der Waals surface area contributed by atoms with Gasteiger partial charge in [-0.2, -0.15) is 10.4 Å². The number of anilines is 1. The number of halogens is 1. The van der Waals surface area contributed by atoms with Crippen LogP contribution >= 0.6 is 0 Å². The molecule has 0 saturated heterocycles. The van der Waals surface area contributed by atoms with Crippen LogP contribution < -0.4 is 5.73 Å². The van der Waals surface area contributed by atoms with E-state index in [0.29, 0.717) is 23.5 Å². The van der Waals surface area contributed by atoms with Crippen LogP contribution in [0.25, 0.3) is 0 Å². The van der Waals surface area contributed by atoms with Gasteiger partial charge >= 0.3 is 0 Å². The molecule has 1 heterocycles. The number of nitrogens with one attached hydrogen (secondary N) is 1. The number of nitrogen functional groups attached to an aromatic ring is 1. The Morgan fingerprint density at radius 1 is 1.42 bits per heavy atom. The number of nitrogens with zero attached hydrogens (tertiary/aromatic N) is 2. The molecule has 96 valence electrons. The van der Waals surface area contributed by atoms with E-state index in [1.165, 1.54) is 11.6 Å². The van der Waals surface area contributed by atoms with Crippen molar-refractivity contribution in [3.63, 3.8) is 0 Å². The molecule has 0 aliphatic heterocycles. The van der Waals surface area contributed by atoms with Crippen LogP contribution in [0.1, 0.15) is 34.7 Å². The molecule has 0 radical (unpaired) electrons. The summed E-state index contributed by atoms with van der Waals surface area (Å²) in [5.41, 5.74) is 8.98. The van der Waals surface area contributed by atoms with Crippen LogP contribution in [0.4, 0.5) is 10.2 Å². The minimum atomic E-state index is -0.221. The van der Waals surface area contributed by atoms with Crippen LogP contribution in [0.3, 0.4) is 0 Å². The molecule has 0 spiro atoms. The number of rotatable bonds is 1. The van der Waals surface area contributed by atoms with E-state index in [1.54, 1.807) is 6.07 Å². The lowest BCUT2D eigenvalue weighted by Gasteiger charge is -2.23. The summed E-state index contributed by atoms with van der Waals surface area (Å²) in [7, 11) is 0. The monoisotopic (exact) mass is 256 g/mol. The van der Waals surface area contributed by atoms with Gasteiger partial charge in [0.25, 0.3) is 0 Å². The number of nitriles is 1. The molecule has 4 nitrogen and oxygen atoms in total. The summed E-state index contributed by atoms with van der Waals surface area (Å²) in [6.07, 6.45) is 2.47. The highest BCUT2D eigenvalue weighted by molar-refractivity contribution is 5.52. The maximum absolute atomic E-state index is 13.3. The summed E-state index contributed by atoms with van der Waals surface area (Å²) < 4.78 is 13.3. The molecule has 0 bridgehead atoms. The van der Waals surface area contributed by atoms with E-state index >= 15 is 0 Å². The number of H-pyrrole nitrogens is 1. The Balaban J connectivity index is 1.95. The summed E-state index contributed by atoms with van der Waals surface area (Å²) in [6.45, 7) is 0. The molecule has 2 aromatic rings. The summed E-state index contributed by atoms with van der Waals surface area (Å²) >= 11 is 0. The zero-order chi connectivity index (χ0) is 13.4. The predicted octanol–water partition coefficient (Wildman–Crippen LogP) is 2.28. The fourth-order valence-electron chi connectivity index (χ4n) is 2.74. The standard InChI is InChI=1S/C14H13FN4/c15-11-4-3-8-1-2-9(5-10(8)6-11)13-12(7-16)14(17)19-18-13/h3-4,6,9H,1-2,5H2,(H3,17,18,19). The van der Waals surface area contributed by atoms with E-state index in [1.807, 2.05) is 6.07 Å². The summed E-state index contributed by atoms with van der Waals surface area (Å²) in [5.74, 6) is 0.210. The molecule has 0 fully saturated rings.